The molecule has 0 saturated heterocycles. The molecule has 0 radical (unpaired) electrons. The Balaban J connectivity index is 1.73. The van der Waals surface area contributed by atoms with Gasteiger partial charge in [0.1, 0.15) is 12.1 Å². The first kappa shape index (κ1) is 15.7. The van der Waals surface area contributed by atoms with Crippen molar-refractivity contribution < 1.29 is 9.53 Å². The lowest BCUT2D eigenvalue weighted by Crippen LogP contribution is -2.13. The Hall–Kier alpha value is -3.22. The predicted molar refractivity (Wildman–Crippen MR) is 89.3 cm³/mol. The molecule has 0 spiro atoms. The molecule has 1 heterocycles. The molecule has 1 aromatic heterocycles. The maximum Gasteiger partial charge on any atom is 0.255 e. The summed E-state index contributed by atoms with van der Waals surface area (Å²) < 4.78 is 7.17. The molecule has 0 aliphatic rings. The normalized spacial score (nSPS) is 10.4. The van der Waals surface area contributed by atoms with E-state index in [-0.39, 0.29) is 5.91 Å². The minimum Gasteiger partial charge on any atom is -0.491 e. The number of hydrogen-bond donors (Lipinski definition) is 1. The van der Waals surface area contributed by atoms with Crippen LogP contribution in [-0.2, 0) is 0 Å². The van der Waals surface area contributed by atoms with Gasteiger partial charge in [-0.25, -0.2) is 4.68 Å². The smallest absolute Gasteiger partial charge is 0.255 e. The van der Waals surface area contributed by atoms with Crippen molar-refractivity contribution in [1.29, 1.82) is 0 Å². The van der Waals surface area contributed by atoms with E-state index in [1.54, 1.807) is 24.3 Å². The molecule has 1 amide bonds. The highest BCUT2D eigenvalue weighted by Crippen LogP contribution is 2.24. The quantitative estimate of drug-likeness (QED) is 0.754. The summed E-state index contributed by atoms with van der Waals surface area (Å²) in [6, 6.07) is 14.4. The number of nitrogens with one attached hydrogen (secondary N) is 1. The number of aromatic nitrogens is 4. The van der Waals surface area contributed by atoms with Crippen LogP contribution in [0.3, 0.4) is 0 Å². The fraction of sp³-hybridized carbons (Fsp3) is 0.176. The number of tetrazole rings is 1. The number of nitrogens with zero attached hydrogens (tertiary/aromatic N) is 4. The summed E-state index contributed by atoms with van der Waals surface area (Å²) in [5.74, 6) is 0.462. The fourth-order valence-electron chi connectivity index (χ4n) is 2.15. The third-order valence-corrected chi connectivity index (χ3v) is 3.34. The molecule has 7 nitrogen and oxygen atoms in total. The molecule has 0 saturated carbocycles. The molecule has 24 heavy (non-hydrogen) atoms. The Kier molecular flexibility index (Phi) is 4.81. The zero-order valence-corrected chi connectivity index (χ0v) is 13.2. The van der Waals surface area contributed by atoms with E-state index in [0.717, 1.165) is 12.1 Å². The molecule has 0 atom stereocenters. The van der Waals surface area contributed by atoms with Crippen LogP contribution in [0.1, 0.15) is 23.7 Å². The van der Waals surface area contributed by atoms with Gasteiger partial charge in [0.25, 0.3) is 5.91 Å². The number of para-hydroxylation sites is 2. The van der Waals surface area contributed by atoms with Crippen LogP contribution in [0.2, 0.25) is 0 Å². The monoisotopic (exact) mass is 323 g/mol. The van der Waals surface area contributed by atoms with Crippen LogP contribution < -0.4 is 10.1 Å². The van der Waals surface area contributed by atoms with Gasteiger partial charge < -0.3 is 10.1 Å². The van der Waals surface area contributed by atoms with E-state index in [9.17, 15) is 4.79 Å². The molecule has 2 aromatic carbocycles. The van der Waals surface area contributed by atoms with E-state index in [0.29, 0.717) is 23.6 Å². The van der Waals surface area contributed by atoms with Crippen LogP contribution in [0.4, 0.5) is 5.69 Å². The van der Waals surface area contributed by atoms with Gasteiger partial charge in [0.05, 0.1) is 18.0 Å². The van der Waals surface area contributed by atoms with Crippen LogP contribution >= 0.6 is 0 Å². The second-order valence-electron chi connectivity index (χ2n) is 5.10. The number of rotatable bonds is 6. The molecule has 1 N–H and O–H groups in total. The second-order valence-corrected chi connectivity index (χ2v) is 5.10. The molecule has 122 valence electrons. The number of ether oxygens (including phenoxy) is 1. The van der Waals surface area contributed by atoms with Gasteiger partial charge in [-0.1, -0.05) is 19.1 Å². The zero-order valence-electron chi connectivity index (χ0n) is 13.2. The van der Waals surface area contributed by atoms with E-state index in [1.165, 1.54) is 11.0 Å². The van der Waals surface area contributed by atoms with Crippen molar-refractivity contribution in [3.8, 4) is 11.4 Å². The van der Waals surface area contributed by atoms with Crippen LogP contribution in [0.5, 0.6) is 5.75 Å². The molecule has 0 bridgehead atoms. The lowest BCUT2D eigenvalue weighted by molar-refractivity contribution is 0.102. The fourth-order valence-corrected chi connectivity index (χ4v) is 2.15. The molecule has 7 heteroatoms. The van der Waals surface area contributed by atoms with Crippen molar-refractivity contribution in [1.82, 2.24) is 20.2 Å². The number of benzene rings is 2. The third-order valence-electron chi connectivity index (χ3n) is 3.34. The summed E-state index contributed by atoms with van der Waals surface area (Å²) in [5, 5.41) is 13.9. The highest BCUT2D eigenvalue weighted by atomic mass is 16.5. The van der Waals surface area contributed by atoms with Crippen molar-refractivity contribution in [3.05, 3.63) is 60.4 Å². The van der Waals surface area contributed by atoms with Gasteiger partial charge in [-0.3, -0.25) is 4.79 Å². The Morgan fingerprint density at radius 1 is 1.17 bits per heavy atom. The van der Waals surface area contributed by atoms with E-state index in [1.807, 2.05) is 31.2 Å². The van der Waals surface area contributed by atoms with Crippen LogP contribution in [0.25, 0.3) is 5.69 Å². The van der Waals surface area contributed by atoms with E-state index in [2.05, 4.69) is 20.8 Å². The first-order valence-electron chi connectivity index (χ1n) is 7.64. The van der Waals surface area contributed by atoms with Gasteiger partial charge in [-0.15, -0.1) is 5.10 Å². The number of amides is 1. The SMILES string of the molecule is CCCOc1ccccc1NC(=O)c1ccc(-n2cnnn2)cc1. The van der Waals surface area contributed by atoms with Gasteiger partial charge in [0, 0.05) is 5.56 Å². The summed E-state index contributed by atoms with van der Waals surface area (Å²) >= 11 is 0. The summed E-state index contributed by atoms with van der Waals surface area (Å²) in [6.45, 7) is 2.64. The molecule has 0 fully saturated rings. The highest BCUT2D eigenvalue weighted by Gasteiger charge is 2.10. The third kappa shape index (κ3) is 3.57. The molecule has 0 unspecified atom stereocenters. The maximum absolute atomic E-state index is 12.4. The first-order valence-corrected chi connectivity index (χ1v) is 7.64. The Labute approximate surface area is 139 Å². The second kappa shape index (κ2) is 7.36. The van der Waals surface area contributed by atoms with Gasteiger partial charge in [0.2, 0.25) is 0 Å². The Bertz CT molecular complexity index is 800. The molecular formula is C17H17N5O2. The van der Waals surface area contributed by atoms with Crippen LogP contribution in [0.15, 0.2) is 54.9 Å². The van der Waals surface area contributed by atoms with Gasteiger partial charge >= 0.3 is 0 Å². The standard InChI is InChI=1S/C17H17N5O2/c1-2-11-24-16-6-4-3-5-15(16)19-17(23)13-7-9-14(10-8-13)22-12-18-20-21-22/h3-10,12H,2,11H2,1H3,(H,19,23). The number of anilines is 1. The largest absolute Gasteiger partial charge is 0.491 e. The van der Waals surface area contributed by atoms with Crippen molar-refractivity contribution >= 4 is 11.6 Å². The lowest BCUT2D eigenvalue weighted by Gasteiger charge is -2.12. The predicted octanol–water partition coefficient (Wildman–Crippen LogP) is 2.70. The molecule has 0 aliphatic heterocycles. The summed E-state index contributed by atoms with van der Waals surface area (Å²) in [4.78, 5) is 12.4. The van der Waals surface area contributed by atoms with Gasteiger partial charge in [0.15, 0.2) is 0 Å². The Morgan fingerprint density at radius 3 is 2.67 bits per heavy atom. The number of hydrogen-bond acceptors (Lipinski definition) is 5. The van der Waals surface area contributed by atoms with Crippen LogP contribution in [-0.4, -0.2) is 32.7 Å². The molecule has 3 rings (SSSR count). The maximum atomic E-state index is 12.4. The zero-order chi connectivity index (χ0) is 16.8. The highest BCUT2D eigenvalue weighted by molar-refractivity contribution is 6.05. The molecule has 0 aliphatic carbocycles. The number of carbonyl (C=O) groups excluding carboxylic acids is 1. The average molecular weight is 323 g/mol. The minimum atomic E-state index is -0.203. The minimum absolute atomic E-state index is 0.203. The summed E-state index contributed by atoms with van der Waals surface area (Å²) in [7, 11) is 0. The summed E-state index contributed by atoms with van der Waals surface area (Å²) in [6.07, 6.45) is 2.40. The van der Waals surface area contributed by atoms with Crippen molar-refractivity contribution in [2.24, 2.45) is 0 Å². The topological polar surface area (TPSA) is 81.9 Å². The van der Waals surface area contributed by atoms with Crippen molar-refractivity contribution in [2.75, 3.05) is 11.9 Å². The van der Waals surface area contributed by atoms with E-state index >= 15 is 0 Å². The number of carbonyl (C=O) groups is 1. The Morgan fingerprint density at radius 2 is 1.96 bits per heavy atom. The molecule has 3 aromatic rings. The average Bonchev–Trinajstić information content (AvgIpc) is 3.16. The van der Waals surface area contributed by atoms with Crippen molar-refractivity contribution in [3.63, 3.8) is 0 Å². The van der Waals surface area contributed by atoms with E-state index < -0.39 is 0 Å². The van der Waals surface area contributed by atoms with Crippen LogP contribution in [0, 0.1) is 0 Å². The molecular weight excluding hydrogens is 306 g/mol. The first-order chi connectivity index (χ1) is 11.8. The van der Waals surface area contributed by atoms with Gasteiger partial charge in [-0.2, -0.15) is 0 Å². The van der Waals surface area contributed by atoms with E-state index in [4.69, 9.17) is 4.74 Å². The lowest BCUT2D eigenvalue weighted by atomic mass is 10.2. The van der Waals surface area contributed by atoms with Gasteiger partial charge in [-0.05, 0) is 53.2 Å². The summed E-state index contributed by atoms with van der Waals surface area (Å²) in [5.41, 5.74) is 1.97. The van der Waals surface area contributed by atoms with Crippen molar-refractivity contribution in [2.45, 2.75) is 13.3 Å².